The minimum Gasteiger partial charge on any atom is -0.438 e. The van der Waals surface area contributed by atoms with E-state index in [0.29, 0.717) is 43.5 Å². The van der Waals surface area contributed by atoms with Gasteiger partial charge in [-0.3, -0.25) is 4.79 Å². The summed E-state index contributed by atoms with van der Waals surface area (Å²) in [6.45, 7) is 4.49. The van der Waals surface area contributed by atoms with Crippen LogP contribution in [-0.4, -0.2) is 65.4 Å². The molecule has 34 heavy (non-hydrogen) atoms. The van der Waals surface area contributed by atoms with E-state index in [1.807, 2.05) is 35.2 Å². The van der Waals surface area contributed by atoms with Crippen LogP contribution >= 0.6 is 0 Å². The van der Waals surface area contributed by atoms with Crippen molar-refractivity contribution in [2.75, 3.05) is 44.7 Å². The van der Waals surface area contributed by atoms with E-state index in [2.05, 4.69) is 16.8 Å². The van der Waals surface area contributed by atoms with Crippen LogP contribution in [0.1, 0.15) is 16.8 Å². The maximum Gasteiger partial charge on any atom is 0.229 e. The molecule has 5 rings (SSSR count). The number of aromatic nitrogens is 2. The van der Waals surface area contributed by atoms with Gasteiger partial charge in [0, 0.05) is 45.2 Å². The number of hydrogen-bond acceptors (Lipinski definition) is 6. The van der Waals surface area contributed by atoms with Crippen molar-refractivity contribution in [1.82, 2.24) is 19.8 Å². The Morgan fingerprint density at radius 2 is 1.79 bits per heavy atom. The van der Waals surface area contributed by atoms with E-state index in [-0.39, 0.29) is 11.7 Å². The summed E-state index contributed by atoms with van der Waals surface area (Å²) < 4.78 is 19.9. The standard InChI is InChI=1S/C26H28FN5O2/c1-30-12-14-31(15-13-30)26-28-23-10-11-32(24(33)16-19-6-3-2-4-7-19)18-22(23)25(29-26)34-21-9-5-8-20(27)17-21/h2-9,17H,10-16,18H2,1H3. The predicted molar refractivity (Wildman–Crippen MR) is 127 cm³/mol. The summed E-state index contributed by atoms with van der Waals surface area (Å²) in [4.78, 5) is 28.9. The number of rotatable bonds is 5. The Hall–Kier alpha value is -3.52. The first-order chi connectivity index (χ1) is 16.5. The molecule has 0 aliphatic carbocycles. The van der Waals surface area contributed by atoms with Crippen molar-refractivity contribution >= 4 is 11.9 Å². The van der Waals surface area contributed by atoms with Gasteiger partial charge in [-0.05, 0) is 24.7 Å². The van der Waals surface area contributed by atoms with Crippen molar-refractivity contribution in [3.8, 4) is 11.6 Å². The van der Waals surface area contributed by atoms with Crippen LogP contribution in [0.2, 0.25) is 0 Å². The molecule has 1 amide bonds. The number of ether oxygens (including phenoxy) is 1. The van der Waals surface area contributed by atoms with Gasteiger partial charge in [-0.1, -0.05) is 36.4 Å². The largest absolute Gasteiger partial charge is 0.438 e. The molecule has 0 unspecified atom stereocenters. The van der Waals surface area contributed by atoms with E-state index >= 15 is 0 Å². The molecule has 3 aromatic rings. The highest BCUT2D eigenvalue weighted by Crippen LogP contribution is 2.32. The van der Waals surface area contributed by atoms with Gasteiger partial charge in [-0.15, -0.1) is 0 Å². The first kappa shape index (κ1) is 22.3. The lowest BCUT2D eigenvalue weighted by Crippen LogP contribution is -2.45. The fraction of sp³-hybridized carbons (Fsp3) is 0.346. The molecule has 3 heterocycles. The summed E-state index contributed by atoms with van der Waals surface area (Å²) in [5.74, 6) is 1.07. The predicted octanol–water partition coefficient (Wildman–Crippen LogP) is 3.29. The molecule has 2 aliphatic rings. The van der Waals surface area contributed by atoms with E-state index < -0.39 is 0 Å². The summed E-state index contributed by atoms with van der Waals surface area (Å²) in [5, 5.41) is 0. The lowest BCUT2D eigenvalue weighted by Gasteiger charge is -2.34. The minimum atomic E-state index is -0.376. The van der Waals surface area contributed by atoms with Gasteiger partial charge in [-0.2, -0.15) is 4.98 Å². The second-order valence-electron chi connectivity index (χ2n) is 8.83. The topological polar surface area (TPSA) is 61.8 Å². The van der Waals surface area contributed by atoms with Crippen LogP contribution in [0.3, 0.4) is 0 Å². The van der Waals surface area contributed by atoms with Crippen molar-refractivity contribution < 1.29 is 13.9 Å². The van der Waals surface area contributed by atoms with Crippen LogP contribution < -0.4 is 9.64 Å². The normalized spacial score (nSPS) is 16.3. The number of amides is 1. The van der Waals surface area contributed by atoms with Crippen LogP contribution in [0.25, 0.3) is 0 Å². The second-order valence-corrected chi connectivity index (χ2v) is 8.83. The molecule has 0 radical (unpaired) electrons. The Balaban J connectivity index is 1.43. The molecular formula is C26H28FN5O2. The Morgan fingerprint density at radius 3 is 2.56 bits per heavy atom. The summed E-state index contributed by atoms with van der Waals surface area (Å²) >= 11 is 0. The number of hydrogen-bond donors (Lipinski definition) is 0. The molecule has 176 valence electrons. The molecule has 1 aromatic heterocycles. The molecule has 0 atom stereocenters. The zero-order valence-electron chi connectivity index (χ0n) is 19.3. The molecular weight excluding hydrogens is 433 g/mol. The molecule has 0 N–H and O–H groups in total. The number of benzene rings is 2. The van der Waals surface area contributed by atoms with Gasteiger partial charge < -0.3 is 19.4 Å². The Bertz CT molecular complexity index is 1170. The van der Waals surface area contributed by atoms with Gasteiger partial charge in [0.05, 0.1) is 24.2 Å². The van der Waals surface area contributed by atoms with Gasteiger partial charge in [0.1, 0.15) is 11.6 Å². The van der Waals surface area contributed by atoms with Gasteiger partial charge in [0.2, 0.25) is 17.7 Å². The third kappa shape index (κ3) is 5.02. The fourth-order valence-electron chi connectivity index (χ4n) is 4.34. The first-order valence-electron chi connectivity index (χ1n) is 11.6. The molecule has 2 aliphatic heterocycles. The third-order valence-electron chi connectivity index (χ3n) is 6.36. The highest BCUT2D eigenvalue weighted by Gasteiger charge is 2.28. The lowest BCUT2D eigenvalue weighted by atomic mass is 10.0. The molecule has 0 saturated carbocycles. The SMILES string of the molecule is CN1CCN(c2nc3c(c(Oc4cccc(F)c4)n2)CN(C(=O)Cc2ccccc2)CC3)CC1. The van der Waals surface area contributed by atoms with Crippen molar-refractivity contribution in [3.63, 3.8) is 0 Å². The van der Waals surface area contributed by atoms with E-state index in [4.69, 9.17) is 14.7 Å². The number of likely N-dealkylation sites (N-methyl/N-ethyl adjacent to an activating group) is 1. The van der Waals surface area contributed by atoms with Gasteiger partial charge in [0.15, 0.2) is 0 Å². The van der Waals surface area contributed by atoms with Crippen molar-refractivity contribution in [2.24, 2.45) is 0 Å². The van der Waals surface area contributed by atoms with Crippen LogP contribution in [0.15, 0.2) is 54.6 Å². The first-order valence-corrected chi connectivity index (χ1v) is 11.6. The van der Waals surface area contributed by atoms with Gasteiger partial charge >= 0.3 is 0 Å². The zero-order valence-corrected chi connectivity index (χ0v) is 19.3. The zero-order chi connectivity index (χ0) is 23.5. The smallest absolute Gasteiger partial charge is 0.229 e. The number of nitrogens with zero attached hydrogens (tertiary/aromatic N) is 5. The summed E-state index contributed by atoms with van der Waals surface area (Å²) in [7, 11) is 2.10. The number of anilines is 1. The average molecular weight is 462 g/mol. The fourth-order valence-corrected chi connectivity index (χ4v) is 4.34. The Labute approximate surface area is 198 Å². The Kier molecular flexibility index (Phi) is 6.40. The number of carbonyl (C=O) groups excluding carboxylic acids is 1. The maximum absolute atomic E-state index is 13.8. The average Bonchev–Trinajstić information content (AvgIpc) is 2.85. The Morgan fingerprint density at radius 1 is 1.00 bits per heavy atom. The van der Waals surface area contributed by atoms with Crippen LogP contribution in [0.4, 0.5) is 10.3 Å². The maximum atomic E-state index is 13.8. The molecule has 0 spiro atoms. The molecule has 1 fully saturated rings. The lowest BCUT2D eigenvalue weighted by molar-refractivity contribution is -0.131. The van der Waals surface area contributed by atoms with E-state index in [9.17, 15) is 9.18 Å². The summed E-state index contributed by atoms with van der Waals surface area (Å²) in [6, 6.07) is 15.8. The second kappa shape index (κ2) is 9.77. The minimum absolute atomic E-state index is 0.0525. The third-order valence-corrected chi connectivity index (χ3v) is 6.36. The number of carbonyl (C=O) groups is 1. The molecule has 2 aromatic carbocycles. The van der Waals surface area contributed by atoms with Crippen LogP contribution in [-0.2, 0) is 24.2 Å². The summed E-state index contributed by atoms with van der Waals surface area (Å²) in [6.07, 6.45) is 0.967. The van der Waals surface area contributed by atoms with Crippen LogP contribution in [0, 0.1) is 5.82 Å². The monoisotopic (exact) mass is 461 g/mol. The number of fused-ring (bicyclic) bond motifs is 1. The molecule has 7 nitrogen and oxygen atoms in total. The molecule has 1 saturated heterocycles. The number of piperazine rings is 1. The summed E-state index contributed by atoms with van der Waals surface area (Å²) in [5.41, 5.74) is 2.66. The number of halogens is 1. The van der Waals surface area contributed by atoms with Crippen molar-refractivity contribution in [3.05, 3.63) is 77.2 Å². The molecule has 8 heteroatoms. The van der Waals surface area contributed by atoms with Crippen molar-refractivity contribution in [2.45, 2.75) is 19.4 Å². The van der Waals surface area contributed by atoms with E-state index in [1.54, 1.807) is 12.1 Å². The van der Waals surface area contributed by atoms with E-state index in [1.165, 1.54) is 12.1 Å². The quantitative estimate of drug-likeness (QED) is 0.581. The highest BCUT2D eigenvalue weighted by molar-refractivity contribution is 5.79. The van der Waals surface area contributed by atoms with E-state index in [0.717, 1.165) is 43.0 Å². The highest BCUT2D eigenvalue weighted by atomic mass is 19.1. The van der Waals surface area contributed by atoms with Crippen LogP contribution in [0.5, 0.6) is 11.6 Å². The van der Waals surface area contributed by atoms with Gasteiger partial charge in [0.25, 0.3) is 0 Å². The molecule has 0 bridgehead atoms. The van der Waals surface area contributed by atoms with Crippen molar-refractivity contribution in [1.29, 1.82) is 0 Å². The van der Waals surface area contributed by atoms with Gasteiger partial charge in [-0.25, -0.2) is 9.37 Å².